The molecule has 2 atom stereocenters. The summed E-state index contributed by atoms with van der Waals surface area (Å²) in [7, 11) is 0. The number of nitrogens with two attached hydrogens (primary N) is 1. The molecule has 0 unspecified atom stereocenters. The SMILES string of the molecule is Cc1ccc2c(c1)CCCN2c1n[nH]c2nc(N3CCC4(CC3)CO[C@@H](C)[C@H]4N)cnc12. The minimum Gasteiger partial charge on any atom is -0.376 e. The Morgan fingerprint density at radius 1 is 1.22 bits per heavy atom. The molecule has 1 aromatic carbocycles. The van der Waals surface area contributed by atoms with Crippen molar-refractivity contribution < 1.29 is 4.74 Å². The van der Waals surface area contributed by atoms with E-state index in [-0.39, 0.29) is 17.6 Å². The van der Waals surface area contributed by atoms with Crippen molar-refractivity contribution in [3.05, 3.63) is 35.5 Å². The van der Waals surface area contributed by atoms with Gasteiger partial charge in [0.25, 0.3) is 0 Å². The average Bonchev–Trinajstić information content (AvgIpc) is 3.35. The monoisotopic (exact) mass is 433 g/mol. The van der Waals surface area contributed by atoms with Crippen molar-refractivity contribution >= 4 is 28.5 Å². The van der Waals surface area contributed by atoms with Gasteiger partial charge in [0.05, 0.1) is 18.9 Å². The Morgan fingerprint density at radius 2 is 2.06 bits per heavy atom. The second-order valence-electron chi connectivity index (χ2n) is 9.75. The van der Waals surface area contributed by atoms with E-state index >= 15 is 0 Å². The van der Waals surface area contributed by atoms with Crippen molar-refractivity contribution in [3.8, 4) is 0 Å². The molecule has 1 spiro atoms. The van der Waals surface area contributed by atoms with E-state index in [1.54, 1.807) is 0 Å². The Kier molecular flexibility index (Phi) is 4.62. The molecule has 0 bridgehead atoms. The van der Waals surface area contributed by atoms with E-state index in [4.69, 9.17) is 20.4 Å². The van der Waals surface area contributed by atoms with Gasteiger partial charge in [-0.1, -0.05) is 17.7 Å². The van der Waals surface area contributed by atoms with Gasteiger partial charge in [-0.15, -0.1) is 0 Å². The number of anilines is 3. The van der Waals surface area contributed by atoms with Crippen molar-refractivity contribution in [2.45, 2.75) is 51.7 Å². The first-order valence-electron chi connectivity index (χ1n) is 11.7. The van der Waals surface area contributed by atoms with Crippen molar-refractivity contribution in [3.63, 3.8) is 0 Å². The lowest BCUT2D eigenvalue weighted by molar-refractivity contribution is 0.0974. The molecule has 8 nitrogen and oxygen atoms in total. The van der Waals surface area contributed by atoms with Crippen LogP contribution in [-0.2, 0) is 11.2 Å². The summed E-state index contributed by atoms with van der Waals surface area (Å²) in [5.41, 5.74) is 12.1. The molecule has 3 aromatic rings. The highest BCUT2D eigenvalue weighted by atomic mass is 16.5. The van der Waals surface area contributed by atoms with E-state index in [1.165, 1.54) is 16.8 Å². The van der Waals surface area contributed by atoms with E-state index in [2.05, 4.69) is 52.0 Å². The molecule has 0 aliphatic carbocycles. The Morgan fingerprint density at radius 3 is 2.84 bits per heavy atom. The Labute approximate surface area is 188 Å². The quantitative estimate of drug-likeness (QED) is 0.641. The first kappa shape index (κ1) is 19.9. The minimum absolute atomic E-state index is 0.106. The van der Waals surface area contributed by atoms with Gasteiger partial charge in [0.2, 0.25) is 0 Å². The molecule has 2 fully saturated rings. The van der Waals surface area contributed by atoms with Gasteiger partial charge in [0, 0.05) is 36.8 Å². The number of ether oxygens (including phenoxy) is 1. The first-order valence-corrected chi connectivity index (χ1v) is 11.7. The summed E-state index contributed by atoms with van der Waals surface area (Å²) in [6.07, 6.45) is 6.30. The highest BCUT2D eigenvalue weighted by molar-refractivity contribution is 5.87. The number of fused-ring (bicyclic) bond motifs is 2. The number of hydrogen-bond acceptors (Lipinski definition) is 7. The van der Waals surface area contributed by atoms with E-state index in [9.17, 15) is 0 Å². The van der Waals surface area contributed by atoms with E-state index in [1.807, 2.05) is 6.20 Å². The Balaban J connectivity index is 1.25. The van der Waals surface area contributed by atoms with Crippen molar-refractivity contribution in [2.75, 3.05) is 36.0 Å². The summed E-state index contributed by atoms with van der Waals surface area (Å²) in [4.78, 5) is 14.3. The van der Waals surface area contributed by atoms with Crippen LogP contribution in [0.15, 0.2) is 24.4 Å². The Hall–Kier alpha value is -2.71. The van der Waals surface area contributed by atoms with Crippen LogP contribution in [0.5, 0.6) is 0 Å². The predicted octanol–water partition coefficient (Wildman–Crippen LogP) is 3.08. The maximum absolute atomic E-state index is 6.47. The van der Waals surface area contributed by atoms with Gasteiger partial charge in [-0.25, -0.2) is 9.97 Å². The fourth-order valence-corrected chi connectivity index (χ4v) is 5.72. The van der Waals surface area contributed by atoms with E-state index in [0.717, 1.165) is 74.7 Å². The van der Waals surface area contributed by atoms with Gasteiger partial charge in [0.15, 0.2) is 17.0 Å². The zero-order chi connectivity index (χ0) is 21.9. The predicted molar refractivity (Wildman–Crippen MR) is 125 cm³/mol. The van der Waals surface area contributed by atoms with Crippen LogP contribution in [0.1, 0.15) is 37.3 Å². The lowest BCUT2D eigenvalue weighted by Crippen LogP contribution is -2.50. The fourth-order valence-electron chi connectivity index (χ4n) is 5.72. The van der Waals surface area contributed by atoms with Crippen LogP contribution in [0.3, 0.4) is 0 Å². The molecule has 32 heavy (non-hydrogen) atoms. The molecule has 8 heteroatoms. The number of nitrogens with one attached hydrogen (secondary N) is 1. The molecule has 0 amide bonds. The van der Waals surface area contributed by atoms with Gasteiger partial charge in [0.1, 0.15) is 5.82 Å². The fraction of sp³-hybridized carbons (Fsp3) is 0.542. The lowest BCUT2D eigenvalue weighted by atomic mass is 9.73. The topological polar surface area (TPSA) is 96.2 Å². The number of H-pyrrole nitrogens is 1. The van der Waals surface area contributed by atoms with Crippen molar-refractivity contribution in [1.29, 1.82) is 0 Å². The minimum atomic E-state index is 0.106. The highest BCUT2D eigenvalue weighted by Crippen LogP contribution is 2.42. The smallest absolute Gasteiger partial charge is 0.183 e. The molecule has 5 heterocycles. The molecule has 0 radical (unpaired) electrons. The summed E-state index contributed by atoms with van der Waals surface area (Å²) >= 11 is 0. The zero-order valence-electron chi connectivity index (χ0n) is 18.8. The number of rotatable bonds is 2. The molecular weight excluding hydrogens is 402 g/mol. The standard InChI is InChI=1S/C24H31N7O/c1-15-5-6-18-17(12-15)4-3-9-31(18)23-20-22(28-29-23)27-19(13-26-20)30-10-7-24(8-11-30)14-32-16(2)21(24)25/h5-6,12-13,16,21H,3-4,7-11,14,25H2,1-2H3,(H,27,28,29)/t16-,21+/m0/s1. The number of aromatic nitrogens is 4. The number of hydrogen-bond donors (Lipinski definition) is 2. The van der Waals surface area contributed by atoms with Crippen molar-refractivity contribution in [1.82, 2.24) is 20.2 Å². The largest absolute Gasteiger partial charge is 0.376 e. The summed E-state index contributed by atoms with van der Waals surface area (Å²) in [5, 5.41) is 7.76. The highest BCUT2D eigenvalue weighted by Gasteiger charge is 2.47. The van der Waals surface area contributed by atoms with Crippen molar-refractivity contribution in [2.24, 2.45) is 11.1 Å². The molecule has 3 aliphatic rings. The third-order valence-electron chi connectivity index (χ3n) is 7.78. The maximum atomic E-state index is 6.47. The van der Waals surface area contributed by atoms with Gasteiger partial charge in [-0.2, -0.15) is 5.10 Å². The second kappa shape index (κ2) is 7.42. The Bertz CT molecular complexity index is 1150. The van der Waals surface area contributed by atoms with Crippen LogP contribution in [0.4, 0.5) is 17.3 Å². The van der Waals surface area contributed by atoms with Crippen LogP contribution in [0, 0.1) is 12.3 Å². The maximum Gasteiger partial charge on any atom is 0.183 e. The number of benzene rings is 1. The third kappa shape index (κ3) is 3.08. The number of piperidine rings is 1. The van der Waals surface area contributed by atoms with Gasteiger partial charge in [-0.3, -0.25) is 5.10 Å². The third-order valence-corrected chi connectivity index (χ3v) is 7.78. The van der Waals surface area contributed by atoms with E-state index < -0.39 is 0 Å². The summed E-state index contributed by atoms with van der Waals surface area (Å²) < 4.78 is 5.86. The van der Waals surface area contributed by atoms with Crippen LogP contribution in [0.25, 0.3) is 11.2 Å². The normalized spacial score (nSPS) is 25.0. The average molecular weight is 434 g/mol. The second-order valence-corrected chi connectivity index (χ2v) is 9.75. The molecule has 2 aromatic heterocycles. The van der Waals surface area contributed by atoms with Crippen LogP contribution >= 0.6 is 0 Å². The molecule has 3 N–H and O–H groups in total. The van der Waals surface area contributed by atoms with Gasteiger partial charge < -0.3 is 20.3 Å². The first-order chi connectivity index (χ1) is 15.5. The lowest BCUT2D eigenvalue weighted by Gasteiger charge is -2.41. The number of aryl methyl sites for hydroxylation is 2. The van der Waals surface area contributed by atoms with Crippen LogP contribution in [-0.4, -0.2) is 58.6 Å². The zero-order valence-corrected chi connectivity index (χ0v) is 18.8. The molecule has 3 aliphatic heterocycles. The van der Waals surface area contributed by atoms with Gasteiger partial charge in [-0.05, 0) is 51.2 Å². The van der Waals surface area contributed by atoms with Gasteiger partial charge >= 0.3 is 0 Å². The van der Waals surface area contributed by atoms with Crippen LogP contribution < -0.4 is 15.5 Å². The summed E-state index contributed by atoms with van der Waals surface area (Å²) in [5.74, 6) is 1.77. The summed E-state index contributed by atoms with van der Waals surface area (Å²) in [6.45, 7) is 7.78. The molecular formula is C24H31N7O. The molecule has 2 saturated heterocycles. The molecule has 168 valence electrons. The molecule has 6 rings (SSSR count). The molecule has 0 saturated carbocycles. The number of aromatic amines is 1. The number of nitrogens with zero attached hydrogens (tertiary/aromatic N) is 5. The van der Waals surface area contributed by atoms with E-state index in [0.29, 0.717) is 0 Å². The van der Waals surface area contributed by atoms with Crippen LogP contribution in [0.2, 0.25) is 0 Å². The summed E-state index contributed by atoms with van der Waals surface area (Å²) in [6, 6.07) is 6.77.